The Labute approximate surface area is 187 Å². The highest BCUT2D eigenvalue weighted by atomic mass is 16.6. The van der Waals surface area contributed by atoms with Crippen molar-refractivity contribution in [1.29, 1.82) is 0 Å². The third-order valence-electron chi connectivity index (χ3n) is 5.60. The van der Waals surface area contributed by atoms with Gasteiger partial charge in [0.15, 0.2) is 5.41 Å². The Morgan fingerprint density at radius 3 is 1.78 bits per heavy atom. The maximum absolute atomic E-state index is 13.2. The number of benzene rings is 2. The molecule has 2 aromatic carbocycles. The number of hydrogen-bond donors (Lipinski definition) is 0. The van der Waals surface area contributed by atoms with E-state index >= 15 is 0 Å². The van der Waals surface area contributed by atoms with E-state index < -0.39 is 35.2 Å². The van der Waals surface area contributed by atoms with E-state index in [1.807, 2.05) is 30.3 Å². The molecule has 0 aliphatic carbocycles. The van der Waals surface area contributed by atoms with Crippen LogP contribution in [0.5, 0.6) is 0 Å². The maximum atomic E-state index is 13.2. The Balaban J connectivity index is 2.02. The van der Waals surface area contributed by atoms with Crippen LogP contribution < -0.4 is 0 Å². The molecule has 0 radical (unpaired) electrons. The van der Waals surface area contributed by atoms with Crippen LogP contribution in [0.1, 0.15) is 53.5 Å². The molecule has 7 nitrogen and oxygen atoms in total. The van der Waals surface area contributed by atoms with Crippen molar-refractivity contribution in [3.8, 4) is 0 Å². The first kappa shape index (κ1) is 23.2. The van der Waals surface area contributed by atoms with Crippen molar-refractivity contribution in [2.75, 3.05) is 13.2 Å². The molecular weight excluding hydrogens is 410 g/mol. The van der Waals surface area contributed by atoms with E-state index in [0.717, 1.165) is 10.5 Å². The standard InChI is InChI=1S/C25H27NO6/c1-4-31-23(29)25(3,24(30)32-5-2)16-18(15-17-11-7-6-8-12-17)26-21(27)19-13-9-10-14-20(19)22(26)28/h6-14,18H,4-5,15-16H2,1-3H3/t18-/m0/s1. The van der Waals surface area contributed by atoms with Crippen LogP contribution in [-0.4, -0.2) is 47.9 Å². The zero-order valence-corrected chi connectivity index (χ0v) is 18.5. The lowest BCUT2D eigenvalue weighted by molar-refractivity contribution is -0.172. The van der Waals surface area contributed by atoms with E-state index in [2.05, 4.69) is 0 Å². The van der Waals surface area contributed by atoms with Crippen molar-refractivity contribution >= 4 is 23.8 Å². The molecule has 0 aromatic heterocycles. The van der Waals surface area contributed by atoms with Gasteiger partial charge in [-0.1, -0.05) is 42.5 Å². The Morgan fingerprint density at radius 2 is 1.31 bits per heavy atom. The van der Waals surface area contributed by atoms with Crippen LogP contribution in [0.2, 0.25) is 0 Å². The number of imide groups is 1. The van der Waals surface area contributed by atoms with Gasteiger partial charge in [0.1, 0.15) is 0 Å². The van der Waals surface area contributed by atoms with Crippen molar-refractivity contribution in [1.82, 2.24) is 4.90 Å². The van der Waals surface area contributed by atoms with Crippen LogP contribution in [0.4, 0.5) is 0 Å². The van der Waals surface area contributed by atoms with Gasteiger partial charge in [-0.05, 0) is 51.3 Å². The molecule has 0 saturated heterocycles. The number of esters is 2. The molecule has 7 heteroatoms. The number of rotatable bonds is 9. The fourth-order valence-electron chi connectivity index (χ4n) is 3.98. The van der Waals surface area contributed by atoms with Crippen LogP contribution >= 0.6 is 0 Å². The summed E-state index contributed by atoms with van der Waals surface area (Å²) in [7, 11) is 0. The zero-order valence-electron chi connectivity index (χ0n) is 18.5. The quantitative estimate of drug-likeness (QED) is 0.339. The second-order valence-corrected chi connectivity index (χ2v) is 7.85. The van der Waals surface area contributed by atoms with Crippen LogP contribution in [0, 0.1) is 5.41 Å². The Hall–Kier alpha value is -3.48. The minimum atomic E-state index is -1.68. The number of hydrogen-bond acceptors (Lipinski definition) is 6. The molecule has 1 atom stereocenters. The fourth-order valence-corrected chi connectivity index (χ4v) is 3.98. The first-order valence-electron chi connectivity index (χ1n) is 10.7. The molecule has 3 rings (SSSR count). The van der Waals surface area contributed by atoms with Crippen molar-refractivity contribution in [2.24, 2.45) is 5.41 Å². The van der Waals surface area contributed by atoms with E-state index in [-0.39, 0.29) is 26.1 Å². The third kappa shape index (κ3) is 4.42. The van der Waals surface area contributed by atoms with Gasteiger partial charge in [-0.15, -0.1) is 0 Å². The summed E-state index contributed by atoms with van der Waals surface area (Å²) in [5.41, 5.74) is -0.195. The summed E-state index contributed by atoms with van der Waals surface area (Å²) in [6.45, 7) is 4.91. The van der Waals surface area contributed by atoms with Crippen LogP contribution in [0.25, 0.3) is 0 Å². The topological polar surface area (TPSA) is 90.0 Å². The smallest absolute Gasteiger partial charge is 0.323 e. The van der Waals surface area contributed by atoms with Crippen LogP contribution in [0.15, 0.2) is 54.6 Å². The Bertz CT molecular complexity index is 963. The molecule has 0 unspecified atom stereocenters. The number of fused-ring (bicyclic) bond motifs is 1. The van der Waals surface area contributed by atoms with Gasteiger partial charge >= 0.3 is 11.9 Å². The maximum Gasteiger partial charge on any atom is 0.323 e. The highest BCUT2D eigenvalue weighted by Gasteiger charge is 2.50. The minimum Gasteiger partial charge on any atom is -0.465 e. The van der Waals surface area contributed by atoms with Gasteiger partial charge in [-0.25, -0.2) is 0 Å². The molecule has 32 heavy (non-hydrogen) atoms. The van der Waals surface area contributed by atoms with Gasteiger partial charge in [0.05, 0.1) is 24.3 Å². The van der Waals surface area contributed by atoms with Crippen LogP contribution in [-0.2, 0) is 25.5 Å². The summed E-state index contributed by atoms with van der Waals surface area (Å²) in [4.78, 5) is 53.2. The minimum absolute atomic E-state index is 0.0875. The molecule has 1 aliphatic heterocycles. The second-order valence-electron chi connectivity index (χ2n) is 7.85. The van der Waals surface area contributed by atoms with E-state index in [1.165, 1.54) is 6.92 Å². The Kier molecular flexibility index (Phi) is 7.08. The molecule has 2 aromatic rings. The van der Waals surface area contributed by atoms with Crippen molar-refractivity contribution in [2.45, 2.75) is 39.7 Å². The molecule has 1 heterocycles. The zero-order chi connectivity index (χ0) is 23.3. The van der Waals surface area contributed by atoms with Crippen molar-refractivity contribution in [3.63, 3.8) is 0 Å². The average Bonchev–Trinajstić information content (AvgIpc) is 3.04. The molecule has 0 fully saturated rings. The highest BCUT2D eigenvalue weighted by Crippen LogP contribution is 2.34. The van der Waals surface area contributed by atoms with Crippen molar-refractivity contribution < 1.29 is 28.7 Å². The Morgan fingerprint density at radius 1 is 0.844 bits per heavy atom. The molecule has 0 saturated carbocycles. The van der Waals surface area contributed by atoms with E-state index in [4.69, 9.17) is 9.47 Å². The van der Waals surface area contributed by atoms with Crippen LogP contribution in [0.3, 0.4) is 0 Å². The number of ether oxygens (including phenoxy) is 2. The van der Waals surface area contributed by atoms with Gasteiger partial charge in [0.25, 0.3) is 11.8 Å². The normalized spacial score (nSPS) is 14.2. The number of nitrogens with zero attached hydrogens (tertiary/aromatic N) is 1. The fraction of sp³-hybridized carbons (Fsp3) is 0.360. The van der Waals surface area contributed by atoms with Gasteiger partial charge in [0, 0.05) is 6.04 Å². The molecule has 0 spiro atoms. The summed E-state index contributed by atoms with van der Waals surface area (Å²) in [6, 6.07) is 15.1. The molecule has 168 valence electrons. The third-order valence-corrected chi connectivity index (χ3v) is 5.60. The lowest BCUT2D eigenvalue weighted by Crippen LogP contribution is -2.49. The number of amides is 2. The van der Waals surface area contributed by atoms with Gasteiger partial charge < -0.3 is 9.47 Å². The van der Waals surface area contributed by atoms with E-state index in [0.29, 0.717) is 11.1 Å². The number of carbonyl (C=O) groups excluding carboxylic acids is 4. The average molecular weight is 437 g/mol. The predicted molar refractivity (Wildman–Crippen MR) is 117 cm³/mol. The summed E-state index contributed by atoms with van der Waals surface area (Å²) in [5.74, 6) is -2.37. The summed E-state index contributed by atoms with van der Waals surface area (Å²) in [5, 5.41) is 0. The summed E-state index contributed by atoms with van der Waals surface area (Å²) < 4.78 is 10.4. The molecule has 0 bridgehead atoms. The largest absolute Gasteiger partial charge is 0.465 e. The van der Waals surface area contributed by atoms with E-state index in [9.17, 15) is 19.2 Å². The summed E-state index contributed by atoms with van der Waals surface area (Å²) >= 11 is 0. The van der Waals surface area contributed by atoms with Gasteiger partial charge in [-0.2, -0.15) is 0 Å². The molecule has 1 aliphatic rings. The first-order valence-corrected chi connectivity index (χ1v) is 10.7. The highest BCUT2D eigenvalue weighted by molar-refractivity contribution is 6.21. The van der Waals surface area contributed by atoms with Crippen molar-refractivity contribution in [3.05, 3.63) is 71.3 Å². The molecule has 0 N–H and O–H groups in total. The van der Waals surface area contributed by atoms with Gasteiger partial charge in [-0.3, -0.25) is 24.1 Å². The molecule has 2 amide bonds. The monoisotopic (exact) mass is 437 g/mol. The second kappa shape index (κ2) is 9.77. The molecular formula is C25H27NO6. The van der Waals surface area contributed by atoms with E-state index in [1.54, 1.807) is 38.1 Å². The lowest BCUT2D eigenvalue weighted by Gasteiger charge is -2.33. The lowest BCUT2D eigenvalue weighted by atomic mass is 9.81. The predicted octanol–water partition coefficient (Wildman–Crippen LogP) is 3.42. The number of carbonyl (C=O) groups is 4. The SMILES string of the molecule is CCOC(=O)C(C)(C[C@H](Cc1ccccc1)N1C(=O)c2ccccc2C1=O)C(=O)OCC. The van der Waals surface area contributed by atoms with Gasteiger partial charge in [0.2, 0.25) is 0 Å². The summed E-state index contributed by atoms with van der Waals surface area (Å²) in [6.07, 6.45) is 0.158. The first-order chi connectivity index (χ1) is 15.3.